The van der Waals surface area contributed by atoms with Gasteiger partial charge in [-0.15, -0.1) is 0 Å². The molecule has 0 amide bonds. The Kier molecular flexibility index (Phi) is 3.86. The monoisotopic (exact) mass is 344 g/mol. The molecule has 0 aliphatic rings. The molecule has 0 heterocycles. The summed E-state index contributed by atoms with van der Waals surface area (Å²) in [5.41, 5.74) is -0.537. The maximum absolute atomic E-state index is 12.5. The lowest BCUT2D eigenvalue weighted by Gasteiger charge is -2.21. The summed E-state index contributed by atoms with van der Waals surface area (Å²) in [5, 5.41) is 0.867. The van der Waals surface area contributed by atoms with Gasteiger partial charge in [0, 0.05) is 0 Å². The van der Waals surface area contributed by atoms with E-state index in [2.05, 4.69) is 35.7 Å². The maximum atomic E-state index is 12.5. The van der Waals surface area contributed by atoms with Gasteiger partial charge in [-0.3, -0.25) is 0 Å². The second-order valence-corrected chi connectivity index (χ2v) is 11.0. The minimum absolute atomic E-state index is 0.537. The topological polar surface area (TPSA) is 0 Å². The molecule has 0 nitrogen and oxygen atoms in total. The molecule has 0 bridgehead atoms. The molecule has 0 fully saturated rings. The van der Waals surface area contributed by atoms with Gasteiger partial charge in [0.05, 0.1) is 13.6 Å². The SMILES string of the molecule is C[Si](C)(CI)c1cccc(C(F)(F)F)c1. The Balaban J connectivity index is 3.14. The second kappa shape index (κ2) is 4.45. The van der Waals surface area contributed by atoms with Crippen molar-refractivity contribution in [3.63, 3.8) is 0 Å². The zero-order valence-electron chi connectivity index (χ0n) is 8.53. The van der Waals surface area contributed by atoms with Gasteiger partial charge in [0.25, 0.3) is 0 Å². The van der Waals surface area contributed by atoms with Crippen LogP contribution in [0.1, 0.15) is 5.56 Å². The summed E-state index contributed by atoms with van der Waals surface area (Å²) in [7, 11) is -1.68. The highest BCUT2D eigenvalue weighted by Crippen LogP contribution is 2.28. The van der Waals surface area contributed by atoms with Gasteiger partial charge in [-0.05, 0) is 4.05 Å². The summed E-state index contributed by atoms with van der Waals surface area (Å²) in [6.45, 7) is 4.16. The van der Waals surface area contributed by atoms with E-state index in [9.17, 15) is 13.2 Å². The van der Waals surface area contributed by atoms with E-state index in [1.54, 1.807) is 6.07 Å². The van der Waals surface area contributed by atoms with E-state index in [0.717, 1.165) is 15.3 Å². The fourth-order valence-electron chi connectivity index (χ4n) is 1.19. The normalized spacial score (nSPS) is 12.9. The Morgan fingerprint density at radius 3 is 2.33 bits per heavy atom. The Morgan fingerprint density at radius 2 is 1.87 bits per heavy atom. The van der Waals surface area contributed by atoms with Crippen LogP contribution in [0.5, 0.6) is 0 Å². The minimum Gasteiger partial charge on any atom is -0.166 e. The van der Waals surface area contributed by atoms with Gasteiger partial charge in [0.1, 0.15) is 0 Å². The lowest BCUT2D eigenvalue weighted by Crippen LogP contribution is -2.43. The van der Waals surface area contributed by atoms with Gasteiger partial charge in [-0.2, -0.15) is 13.2 Å². The number of rotatable bonds is 2. The van der Waals surface area contributed by atoms with E-state index in [1.807, 2.05) is 0 Å². The molecule has 1 rings (SSSR count). The van der Waals surface area contributed by atoms with Crippen LogP contribution >= 0.6 is 22.6 Å². The lowest BCUT2D eigenvalue weighted by atomic mass is 10.2. The van der Waals surface area contributed by atoms with Crippen molar-refractivity contribution in [2.45, 2.75) is 19.3 Å². The van der Waals surface area contributed by atoms with Crippen LogP contribution in [0.3, 0.4) is 0 Å². The van der Waals surface area contributed by atoms with Crippen molar-refractivity contribution in [3.8, 4) is 0 Å². The fraction of sp³-hybridized carbons (Fsp3) is 0.400. The van der Waals surface area contributed by atoms with E-state index in [-0.39, 0.29) is 0 Å². The first-order valence-electron chi connectivity index (χ1n) is 4.51. The molecule has 0 aromatic heterocycles. The molecule has 84 valence electrons. The fourth-order valence-corrected chi connectivity index (χ4v) is 3.76. The third-order valence-electron chi connectivity index (χ3n) is 2.31. The molecule has 0 N–H and O–H groups in total. The van der Waals surface area contributed by atoms with Gasteiger partial charge < -0.3 is 0 Å². The minimum atomic E-state index is -4.23. The highest BCUT2D eigenvalue weighted by molar-refractivity contribution is 14.1. The number of hydrogen-bond acceptors (Lipinski definition) is 0. The first-order valence-corrected chi connectivity index (χ1v) is 9.24. The van der Waals surface area contributed by atoms with Crippen LogP contribution in [0.15, 0.2) is 24.3 Å². The summed E-state index contributed by atoms with van der Waals surface area (Å²) >= 11 is 2.25. The van der Waals surface area contributed by atoms with Crippen LogP contribution in [-0.4, -0.2) is 12.1 Å². The standard InChI is InChI=1S/C10H12F3ISi/c1-15(2,7-14)9-5-3-4-8(6-9)10(11,12)13/h3-6H,7H2,1-2H3. The first-order chi connectivity index (χ1) is 6.77. The quantitative estimate of drug-likeness (QED) is 0.437. The van der Waals surface area contributed by atoms with Crippen molar-refractivity contribution in [1.29, 1.82) is 0 Å². The summed E-state index contributed by atoms with van der Waals surface area (Å²) in [5.74, 6) is 0. The summed E-state index contributed by atoms with van der Waals surface area (Å²) in [6, 6.07) is 5.73. The lowest BCUT2D eigenvalue weighted by molar-refractivity contribution is -0.137. The largest absolute Gasteiger partial charge is 0.416 e. The zero-order valence-corrected chi connectivity index (χ0v) is 11.7. The average molecular weight is 344 g/mol. The van der Waals surface area contributed by atoms with Gasteiger partial charge in [0.15, 0.2) is 0 Å². The number of halogens is 4. The van der Waals surface area contributed by atoms with Gasteiger partial charge in [-0.25, -0.2) is 0 Å². The van der Waals surface area contributed by atoms with Gasteiger partial charge in [-0.1, -0.05) is 65.1 Å². The van der Waals surface area contributed by atoms with Crippen molar-refractivity contribution in [2.75, 3.05) is 4.05 Å². The molecule has 0 saturated heterocycles. The Bertz CT molecular complexity index is 347. The summed E-state index contributed by atoms with van der Waals surface area (Å²) in [6.07, 6.45) is -4.23. The smallest absolute Gasteiger partial charge is 0.166 e. The molecular weight excluding hydrogens is 332 g/mol. The first kappa shape index (κ1) is 13.0. The molecule has 0 radical (unpaired) electrons. The van der Waals surface area contributed by atoms with Gasteiger partial charge >= 0.3 is 6.18 Å². The van der Waals surface area contributed by atoms with E-state index >= 15 is 0 Å². The van der Waals surface area contributed by atoms with E-state index in [1.165, 1.54) is 12.1 Å². The van der Waals surface area contributed by atoms with E-state index in [4.69, 9.17) is 0 Å². The predicted octanol–water partition coefficient (Wildman–Crippen LogP) is 3.60. The van der Waals surface area contributed by atoms with E-state index < -0.39 is 19.8 Å². The third-order valence-corrected chi connectivity index (χ3v) is 10.6. The molecule has 0 saturated carbocycles. The Hall–Kier alpha value is -0.0431. The number of benzene rings is 1. The average Bonchev–Trinajstić information content (AvgIpc) is 2.17. The van der Waals surface area contributed by atoms with Crippen LogP contribution in [0.25, 0.3) is 0 Å². The van der Waals surface area contributed by atoms with Crippen molar-refractivity contribution in [3.05, 3.63) is 29.8 Å². The van der Waals surface area contributed by atoms with Crippen LogP contribution in [0.2, 0.25) is 13.1 Å². The molecule has 1 aromatic rings. The Labute approximate surface area is 102 Å². The molecule has 0 unspecified atom stereocenters. The van der Waals surface area contributed by atoms with Gasteiger partial charge in [0.2, 0.25) is 0 Å². The highest BCUT2D eigenvalue weighted by atomic mass is 127. The second-order valence-electron chi connectivity index (χ2n) is 4.10. The van der Waals surface area contributed by atoms with Crippen molar-refractivity contribution in [1.82, 2.24) is 0 Å². The number of hydrogen-bond donors (Lipinski definition) is 0. The molecule has 0 spiro atoms. The predicted molar refractivity (Wildman–Crippen MR) is 67.4 cm³/mol. The van der Waals surface area contributed by atoms with Crippen LogP contribution < -0.4 is 5.19 Å². The molecule has 0 aliphatic carbocycles. The molecule has 1 aromatic carbocycles. The summed E-state index contributed by atoms with van der Waals surface area (Å²) < 4.78 is 38.3. The zero-order chi connectivity index (χ0) is 11.7. The summed E-state index contributed by atoms with van der Waals surface area (Å²) in [4.78, 5) is 0. The maximum Gasteiger partial charge on any atom is 0.416 e. The van der Waals surface area contributed by atoms with Crippen molar-refractivity contribution in [2.24, 2.45) is 0 Å². The van der Waals surface area contributed by atoms with E-state index in [0.29, 0.717) is 0 Å². The van der Waals surface area contributed by atoms with Crippen molar-refractivity contribution >= 4 is 35.9 Å². The molecule has 0 aliphatic heterocycles. The molecule has 0 atom stereocenters. The van der Waals surface area contributed by atoms with Crippen LogP contribution in [0.4, 0.5) is 13.2 Å². The van der Waals surface area contributed by atoms with Crippen LogP contribution in [-0.2, 0) is 6.18 Å². The number of alkyl halides is 4. The van der Waals surface area contributed by atoms with Crippen molar-refractivity contribution < 1.29 is 13.2 Å². The Morgan fingerprint density at radius 1 is 1.27 bits per heavy atom. The molecular formula is C10H12F3ISi. The third kappa shape index (κ3) is 3.20. The van der Waals surface area contributed by atoms with Crippen LogP contribution in [0, 0.1) is 0 Å². The highest BCUT2D eigenvalue weighted by Gasteiger charge is 2.32. The molecule has 15 heavy (non-hydrogen) atoms. The molecule has 5 heteroatoms.